The Morgan fingerprint density at radius 3 is 2.28 bits per heavy atom. The average Bonchev–Trinajstić information content (AvgIpc) is 2.64. The van der Waals surface area contributed by atoms with Crippen LogP contribution in [0.15, 0.2) is 54.6 Å². The summed E-state index contributed by atoms with van der Waals surface area (Å²) in [5, 5.41) is 0. The normalized spacial score (nSPS) is 20.3. The maximum absolute atomic E-state index is 13.3. The van der Waals surface area contributed by atoms with Crippen molar-refractivity contribution in [3.63, 3.8) is 0 Å². The summed E-state index contributed by atoms with van der Waals surface area (Å²) in [4.78, 5) is 0. The highest BCUT2D eigenvalue weighted by Crippen LogP contribution is 2.22. The van der Waals surface area contributed by atoms with Crippen molar-refractivity contribution >= 4 is 0 Å². The molecule has 1 saturated heterocycles. The molecule has 2 aromatic carbocycles. The molecule has 0 aromatic heterocycles. The lowest BCUT2D eigenvalue weighted by Crippen LogP contribution is -2.30. The Kier molecular flexibility index (Phi) is 5.60. The first-order chi connectivity index (χ1) is 12.2. The van der Waals surface area contributed by atoms with Crippen LogP contribution in [0.2, 0.25) is 0 Å². The summed E-state index contributed by atoms with van der Waals surface area (Å²) in [5.74, 6) is 4.52. The third-order valence-electron chi connectivity index (χ3n) is 3.86. The van der Waals surface area contributed by atoms with Crippen molar-refractivity contribution in [1.82, 2.24) is 0 Å². The van der Waals surface area contributed by atoms with E-state index in [0.717, 1.165) is 17.2 Å². The minimum Gasteiger partial charge on any atom is -0.341 e. The van der Waals surface area contributed by atoms with Gasteiger partial charge in [0.05, 0.1) is 13.2 Å². The molecular formula is C21H18F2O2. The van der Waals surface area contributed by atoms with Crippen LogP contribution >= 0.6 is 0 Å². The van der Waals surface area contributed by atoms with Crippen molar-refractivity contribution in [3.05, 3.63) is 71.8 Å². The fraction of sp³-hybridized carbons (Fsp3) is 0.238. The smallest absolute Gasteiger partial charge is 0.222 e. The topological polar surface area (TPSA) is 18.5 Å². The Hall–Kier alpha value is -2.48. The molecule has 25 heavy (non-hydrogen) atoms. The second-order valence-electron chi connectivity index (χ2n) is 5.76. The van der Waals surface area contributed by atoms with Crippen LogP contribution in [0, 0.1) is 29.4 Å². The van der Waals surface area contributed by atoms with Gasteiger partial charge in [-0.1, -0.05) is 36.3 Å². The van der Waals surface area contributed by atoms with Crippen LogP contribution in [-0.2, 0) is 9.47 Å². The van der Waals surface area contributed by atoms with Crippen molar-refractivity contribution in [2.45, 2.75) is 13.2 Å². The molecule has 0 saturated carbocycles. The van der Waals surface area contributed by atoms with Crippen molar-refractivity contribution in [1.29, 1.82) is 0 Å². The Morgan fingerprint density at radius 2 is 1.64 bits per heavy atom. The lowest BCUT2D eigenvalue weighted by atomic mass is 10.0. The zero-order chi connectivity index (χ0) is 17.6. The lowest BCUT2D eigenvalue weighted by molar-refractivity contribution is -0.160. The molecule has 0 spiro atoms. The van der Waals surface area contributed by atoms with Crippen molar-refractivity contribution in [2.24, 2.45) is 5.92 Å². The van der Waals surface area contributed by atoms with Gasteiger partial charge in [0.25, 0.3) is 0 Å². The van der Waals surface area contributed by atoms with Gasteiger partial charge in [-0.15, -0.1) is 0 Å². The van der Waals surface area contributed by atoms with Crippen LogP contribution in [0.3, 0.4) is 0 Å². The Morgan fingerprint density at radius 1 is 0.960 bits per heavy atom. The predicted octanol–water partition coefficient (Wildman–Crippen LogP) is 4.55. The van der Waals surface area contributed by atoms with E-state index in [-0.39, 0.29) is 5.92 Å². The van der Waals surface area contributed by atoms with Crippen LogP contribution in [-0.4, -0.2) is 19.5 Å². The van der Waals surface area contributed by atoms with Crippen molar-refractivity contribution < 1.29 is 18.3 Å². The average molecular weight is 340 g/mol. The van der Waals surface area contributed by atoms with Crippen LogP contribution in [0.25, 0.3) is 11.1 Å². The molecule has 0 aliphatic carbocycles. The monoisotopic (exact) mass is 340 g/mol. The Labute approximate surface area is 146 Å². The van der Waals surface area contributed by atoms with Gasteiger partial charge in [-0.2, -0.15) is 0 Å². The summed E-state index contributed by atoms with van der Waals surface area (Å²) >= 11 is 0. The standard InChI is InChI=1S/C21H18F2O2/c1-2-3-16-13-24-21(25-14-16)11-6-15-4-7-17(8-5-15)18-9-10-19(22)20(23)12-18/h2-5,7-10,12,16,21H,13-14H2,1H3/b3-2+. The molecule has 0 amide bonds. The molecule has 1 fully saturated rings. The zero-order valence-electron chi connectivity index (χ0n) is 13.8. The van der Waals surface area contributed by atoms with Gasteiger partial charge in [0.1, 0.15) is 0 Å². The van der Waals surface area contributed by atoms with E-state index in [2.05, 4.69) is 17.9 Å². The van der Waals surface area contributed by atoms with E-state index in [0.29, 0.717) is 18.8 Å². The third kappa shape index (κ3) is 4.54. The number of halogens is 2. The van der Waals surface area contributed by atoms with Crippen LogP contribution in [0.5, 0.6) is 0 Å². The summed E-state index contributed by atoms with van der Waals surface area (Å²) in [6.45, 7) is 3.16. The molecule has 128 valence electrons. The second-order valence-corrected chi connectivity index (χ2v) is 5.76. The highest BCUT2D eigenvalue weighted by molar-refractivity contribution is 5.64. The lowest BCUT2D eigenvalue weighted by Gasteiger charge is -2.24. The first kappa shape index (κ1) is 17.3. The van der Waals surface area contributed by atoms with E-state index in [1.54, 1.807) is 6.07 Å². The summed E-state index contributed by atoms with van der Waals surface area (Å²) in [6.07, 6.45) is 3.52. The quantitative estimate of drug-likeness (QED) is 0.590. The van der Waals surface area contributed by atoms with Gasteiger partial charge < -0.3 is 9.47 Å². The number of rotatable bonds is 2. The molecule has 3 rings (SSSR count). The van der Waals surface area contributed by atoms with Crippen molar-refractivity contribution in [3.8, 4) is 23.0 Å². The molecular weight excluding hydrogens is 322 g/mol. The van der Waals surface area contributed by atoms with E-state index in [9.17, 15) is 8.78 Å². The molecule has 0 atom stereocenters. The fourth-order valence-electron chi connectivity index (χ4n) is 2.55. The number of ether oxygens (including phenoxy) is 2. The second kappa shape index (κ2) is 8.06. The SMILES string of the molecule is C/C=C/C1COC(C#Cc2ccc(-c3ccc(F)c(F)c3)cc2)OC1. The number of hydrogen-bond donors (Lipinski definition) is 0. The van der Waals surface area contributed by atoms with Crippen LogP contribution < -0.4 is 0 Å². The molecule has 2 nitrogen and oxygen atoms in total. The number of hydrogen-bond acceptors (Lipinski definition) is 2. The van der Waals surface area contributed by atoms with Crippen LogP contribution in [0.4, 0.5) is 8.78 Å². The first-order valence-electron chi connectivity index (χ1n) is 8.09. The molecule has 4 heteroatoms. The van der Waals surface area contributed by atoms with Gasteiger partial charge >= 0.3 is 0 Å². The minimum absolute atomic E-state index is 0.276. The van der Waals surface area contributed by atoms with Gasteiger partial charge in [0.15, 0.2) is 11.6 Å². The molecule has 0 unspecified atom stereocenters. The van der Waals surface area contributed by atoms with Gasteiger partial charge in [-0.3, -0.25) is 0 Å². The molecule has 0 radical (unpaired) electrons. The molecule has 1 heterocycles. The summed E-state index contributed by atoms with van der Waals surface area (Å²) in [6, 6.07) is 11.1. The maximum atomic E-state index is 13.3. The predicted molar refractivity (Wildman–Crippen MR) is 92.7 cm³/mol. The molecule has 2 aromatic rings. The highest BCUT2D eigenvalue weighted by Gasteiger charge is 2.18. The largest absolute Gasteiger partial charge is 0.341 e. The fourth-order valence-corrected chi connectivity index (χ4v) is 2.55. The summed E-state index contributed by atoms with van der Waals surface area (Å²) in [5.41, 5.74) is 2.21. The van der Waals surface area contributed by atoms with E-state index < -0.39 is 17.9 Å². The van der Waals surface area contributed by atoms with Gasteiger partial charge in [-0.25, -0.2) is 8.78 Å². The zero-order valence-corrected chi connectivity index (χ0v) is 13.8. The third-order valence-corrected chi connectivity index (χ3v) is 3.86. The van der Waals surface area contributed by atoms with Gasteiger partial charge in [0, 0.05) is 11.5 Å². The summed E-state index contributed by atoms with van der Waals surface area (Å²) in [7, 11) is 0. The molecule has 1 aliphatic rings. The highest BCUT2D eigenvalue weighted by atomic mass is 19.2. The Balaban J connectivity index is 1.65. The van der Waals surface area contributed by atoms with E-state index in [1.165, 1.54) is 6.07 Å². The molecule has 0 N–H and O–H groups in total. The maximum Gasteiger partial charge on any atom is 0.222 e. The van der Waals surface area contributed by atoms with E-state index >= 15 is 0 Å². The van der Waals surface area contributed by atoms with E-state index in [4.69, 9.17) is 9.47 Å². The number of benzene rings is 2. The minimum atomic E-state index is -0.857. The molecule has 0 bridgehead atoms. The summed E-state index contributed by atoms with van der Waals surface area (Å²) < 4.78 is 37.4. The van der Waals surface area contributed by atoms with Crippen molar-refractivity contribution in [2.75, 3.05) is 13.2 Å². The van der Waals surface area contributed by atoms with Gasteiger partial charge in [-0.05, 0) is 48.2 Å². The molecule has 1 aliphatic heterocycles. The first-order valence-corrected chi connectivity index (χ1v) is 8.09. The van der Waals surface area contributed by atoms with Crippen LogP contribution in [0.1, 0.15) is 12.5 Å². The van der Waals surface area contributed by atoms with E-state index in [1.807, 2.05) is 37.3 Å². The van der Waals surface area contributed by atoms with Gasteiger partial charge in [0.2, 0.25) is 6.29 Å². The number of allylic oxidation sites excluding steroid dienone is 1. The Bertz CT molecular complexity index is 808.